The van der Waals surface area contributed by atoms with E-state index in [1.807, 2.05) is 42.5 Å². The Kier molecular flexibility index (Phi) is 3.42. The molecule has 1 aromatic heterocycles. The molecule has 2 nitrogen and oxygen atoms in total. The van der Waals surface area contributed by atoms with Crippen molar-refractivity contribution in [2.75, 3.05) is 5.32 Å². The molecule has 0 amide bonds. The molecule has 1 N–H and O–H groups in total. The maximum atomic E-state index is 5.82. The summed E-state index contributed by atoms with van der Waals surface area (Å²) in [6.07, 6.45) is 0.941. The molecule has 0 aliphatic heterocycles. The molecule has 2 rings (SSSR count). The van der Waals surface area contributed by atoms with Crippen LogP contribution in [-0.2, 0) is 6.42 Å². The van der Waals surface area contributed by atoms with E-state index in [1.54, 1.807) is 0 Å². The highest BCUT2D eigenvalue weighted by Crippen LogP contribution is 2.17. The number of anilines is 2. The molecule has 16 heavy (non-hydrogen) atoms. The summed E-state index contributed by atoms with van der Waals surface area (Å²) < 4.78 is 0. The zero-order valence-electron chi connectivity index (χ0n) is 9.07. The molecule has 0 aliphatic carbocycles. The number of pyridine rings is 1. The monoisotopic (exact) mass is 232 g/mol. The third-order valence-electron chi connectivity index (χ3n) is 2.29. The van der Waals surface area contributed by atoms with Gasteiger partial charge in [-0.1, -0.05) is 24.6 Å². The smallest absolute Gasteiger partial charge is 0.130 e. The van der Waals surface area contributed by atoms with Crippen molar-refractivity contribution < 1.29 is 0 Å². The molecule has 0 atom stereocenters. The number of aryl methyl sites for hydroxylation is 1. The second-order valence-electron chi connectivity index (χ2n) is 3.50. The molecule has 3 heteroatoms. The topological polar surface area (TPSA) is 24.9 Å². The summed E-state index contributed by atoms with van der Waals surface area (Å²) in [4.78, 5) is 4.46. The third kappa shape index (κ3) is 2.74. The lowest BCUT2D eigenvalue weighted by molar-refractivity contribution is 1.04. The first-order valence-corrected chi connectivity index (χ1v) is 5.64. The van der Waals surface area contributed by atoms with E-state index < -0.39 is 0 Å². The first-order chi connectivity index (χ1) is 7.78. The van der Waals surface area contributed by atoms with Crippen LogP contribution >= 0.6 is 11.6 Å². The van der Waals surface area contributed by atoms with Gasteiger partial charge in [0.15, 0.2) is 0 Å². The maximum absolute atomic E-state index is 5.82. The van der Waals surface area contributed by atoms with Crippen LogP contribution in [0.15, 0.2) is 42.5 Å². The number of hydrogen-bond acceptors (Lipinski definition) is 2. The number of halogens is 1. The Bertz CT molecular complexity index is 466. The van der Waals surface area contributed by atoms with E-state index in [0.717, 1.165) is 28.6 Å². The predicted octanol–water partition coefficient (Wildman–Crippen LogP) is 4.04. The van der Waals surface area contributed by atoms with E-state index in [2.05, 4.69) is 17.2 Å². The standard InChI is InChI=1S/C13H13ClN2/c1-2-11-4-3-5-13(15-11)16-12-8-6-10(14)7-9-12/h3-9H,2H2,1H3,(H,15,16). The lowest BCUT2D eigenvalue weighted by Crippen LogP contribution is -1.95. The number of nitrogens with zero attached hydrogens (tertiary/aromatic N) is 1. The van der Waals surface area contributed by atoms with Gasteiger partial charge >= 0.3 is 0 Å². The van der Waals surface area contributed by atoms with Crippen LogP contribution in [0.1, 0.15) is 12.6 Å². The van der Waals surface area contributed by atoms with Crippen LogP contribution in [0, 0.1) is 0 Å². The number of benzene rings is 1. The van der Waals surface area contributed by atoms with Crippen molar-refractivity contribution in [2.24, 2.45) is 0 Å². The van der Waals surface area contributed by atoms with Gasteiger partial charge < -0.3 is 5.32 Å². The molecule has 82 valence electrons. The Labute approximate surface area is 100 Å². The Hall–Kier alpha value is -1.54. The van der Waals surface area contributed by atoms with Crippen LogP contribution < -0.4 is 5.32 Å². The SMILES string of the molecule is CCc1cccc(Nc2ccc(Cl)cc2)n1. The van der Waals surface area contributed by atoms with Gasteiger partial charge in [0.2, 0.25) is 0 Å². The van der Waals surface area contributed by atoms with E-state index in [9.17, 15) is 0 Å². The molecular weight excluding hydrogens is 220 g/mol. The summed E-state index contributed by atoms with van der Waals surface area (Å²) in [6, 6.07) is 13.6. The van der Waals surface area contributed by atoms with Crippen LogP contribution in [0.25, 0.3) is 0 Å². The average molecular weight is 233 g/mol. The fourth-order valence-corrected chi connectivity index (χ4v) is 1.55. The summed E-state index contributed by atoms with van der Waals surface area (Å²) in [7, 11) is 0. The molecule has 0 unspecified atom stereocenters. The quantitative estimate of drug-likeness (QED) is 0.864. The number of rotatable bonds is 3. The molecule has 1 aromatic carbocycles. The lowest BCUT2D eigenvalue weighted by atomic mass is 10.3. The van der Waals surface area contributed by atoms with Gasteiger partial charge in [-0.2, -0.15) is 0 Å². The zero-order valence-corrected chi connectivity index (χ0v) is 9.83. The molecule has 0 spiro atoms. The molecule has 0 bridgehead atoms. The van der Waals surface area contributed by atoms with Crippen molar-refractivity contribution in [3.63, 3.8) is 0 Å². The van der Waals surface area contributed by atoms with E-state index in [1.165, 1.54) is 0 Å². The summed E-state index contributed by atoms with van der Waals surface area (Å²) in [5, 5.41) is 3.97. The number of aromatic nitrogens is 1. The Morgan fingerprint density at radius 2 is 1.88 bits per heavy atom. The molecule has 0 saturated carbocycles. The van der Waals surface area contributed by atoms with E-state index in [-0.39, 0.29) is 0 Å². The van der Waals surface area contributed by atoms with Gasteiger partial charge in [-0.05, 0) is 42.8 Å². The van der Waals surface area contributed by atoms with Crippen LogP contribution in [-0.4, -0.2) is 4.98 Å². The molecule has 2 aromatic rings. The van der Waals surface area contributed by atoms with Crippen LogP contribution in [0.3, 0.4) is 0 Å². The van der Waals surface area contributed by atoms with Crippen molar-refractivity contribution >= 4 is 23.1 Å². The number of hydrogen-bond donors (Lipinski definition) is 1. The fourth-order valence-electron chi connectivity index (χ4n) is 1.43. The Morgan fingerprint density at radius 1 is 1.12 bits per heavy atom. The van der Waals surface area contributed by atoms with E-state index >= 15 is 0 Å². The molecule has 0 saturated heterocycles. The maximum Gasteiger partial charge on any atom is 0.130 e. The van der Waals surface area contributed by atoms with Crippen LogP contribution in [0.4, 0.5) is 11.5 Å². The minimum Gasteiger partial charge on any atom is -0.340 e. The van der Waals surface area contributed by atoms with Gasteiger partial charge in [0.05, 0.1) is 0 Å². The van der Waals surface area contributed by atoms with Crippen molar-refractivity contribution in [2.45, 2.75) is 13.3 Å². The molecule has 1 heterocycles. The van der Waals surface area contributed by atoms with E-state index in [0.29, 0.717) is 0 Å². The summed E-state index contributed by atoms with van der Waals surface area (Å²) in [5.41, 5.74) is 2.07. The highest BCUT2D eigenvalue weighted by molar-refractivity contribution is 6.30. The van der Waals surface area contributed by atoms with Crippen molar-refractivity contribution in [1.29, 1.82) is 0 Å². The normalized spacial score (nSPS) is 10.1. The molecule has 0 aliphatic rings. The minimum atomic E-state index is 0.737. The molecule has 0 fully saturated rings. The largest absolute Gasteiger partial charge is 0.340 e. The average Bonchev–Trinajstić information content (AvgIpc) is 2.32. The van der Waals surface area contributed by atoms with Crippen molar-refractivity contribution in [3.8, 4) is 0 Å². The fraction of sp³-hybridized carbons (Fsp3) is 0.154. The van der Waals surface area contributed by atoms with Crippen molar-refractivity contribution in [3.05, 3.63) is 53.2 Å². The van der Waals surface area contributed by atoms with Crippen molar-refractivity contribution in [1.82, 2.24) is 4.98 Å². The van der Waals surface area contributed by atoms with Crippen LogP contribution in [0.5, 0.6) is 0 Å². The Morgan fingerprint density at radius 3 is 2.56 bits per heavy atom. The van der Waals surface area contributed by atoms with Gasteiger partial charge in [-0.25, -0.2) is 4.98 Å². The molecular formula is C13H13ClN2. The van der Waals surface area contributed by atoms with Gasteiger partial charge in [0.1, 0.15) is 5.82 Å². The van der Waals surface area contributed by atoms with Gasteiger partial charge in [0, 0.05) is 16.4 Å². The number of nitrogens with one attached hydrogen (secondary N) is 1. The second-order valence-corrected chi connectivity index (χ2v) is 3.94. The molecule has 0 radical (unpaired) electrons. The minimum absolute atomic E-state index is 0.737. The zero-order chi connectivity index (χ0) is 11.4. The lowest BCUT2D eigenvalue weighted by Gasteiger charge is -2.06. The highest BCUT2D eigenvalue weighted by atomic mass is 35.5. The first kappa shape index (κ1) is 11.0. The summed E-state index contributed by atoms with van der Waals surface area (Å²) in [5.74, 6) is 0.863. The Balaban J connectivity index is 2.16. The van der Waals surface area contributed by atoms with E-state index in [4.69, 9.17) is 11.6 Å². The van der Waals surface area contributed by atoms with Gasteiger partial charge in [-0.15, -0.1) is 0 Å². The highest BCUT2D eigenvalue weighted by Gasteiger charge is 1.97. The van der Waals surface area contributed by atoms with Gasteiger partial charge in [0.25, 0.3) is 0 Å². The van der Waals surface area contributed by atoms with Crippen LogP contribution in [0.2, 0.25) is 5.02 Å². The second kappa shape index (κ2) is 4.99. The summed E-state index contributed by atoms with van der Waals surface area (Å²) in [6.45, 7) is 2.09. The predicted molar refractivity (Wildman–Crippen MR) is 68.3 cm³/mol. The summed E-state index contributed by atoms with van der Waals surface area (Å²) >= 11 is 5.82. The van der Waals surface area contributed by atoms with Gasteiger partial charge in [-0.3, -0.25) is 0 Å². The first-order valence-electron chi connectivity index (χ1n) is 5.26. The third-order valence-corrected chi connectivity index (χ3v) is 2.54.